The number of nitriles is 1. The van der Waals surface area contributed by atoms with Gasteiger partial charge in [0, 0.05) is 12.7 Å². The maximum atomic E-state index is 12.2. The summed E-state index contributed by atoms with van der Waals surface area (Å²) in [5, 5.41) is 15.7. The Kier molecular flexibility index (Phi) is 3.71. The first-order chi connectivity index (χ1) is 9.56. The van der Waals surface area contributed by atoms with E-state index >= 15 is 0 Å². The molecule has 0 saturated carbocycles. The Balaban J connectivity index is 2.24. The molecule has 2 aromatic rings. The van der Waals surface area contributed by atoms with Gasteiger partial charge in [-0.1, -0.05) is 6.92 Å². The fourth-order valence-corrected chi connectivity index (χ4v) is 1.94. The molecule has 0 saturated heterocycles. The minimum absolute atomic E-state index is 0.318. The van der Waals surface area contributed by atoms with Crippen LogP contribution in [0.5, 0.6) is 0 Å². The number of hydrogen-bond donors (Lipinski definition) is 2. The number of nitrogens with two attached hydrogens (primary N) is 1. The van der Waals surface area contributed by atoms with Crippen molar-refractivity contribution in [1.29, 1.82) is 5.26 Å². The highest BCUT2D eigenvalue weighted by Gasteiger charge is 2.19. The van der Waals surface area contributed by atoms with E-state index in [1.807, 2.05) is 13.0 Å². The van der Waals surface area contributed by atoms with E-state index in [9.17, 15) is 4.79 Å². The van der Waals surface area contributed by atoms with E-state index in [4.69, 9.17) is 11.0 Å². The van der Waals surface area contributed by atoms with Gasteiger partial charge in [0.1, 0.15) is 5.69 Å². The molecule has 0 bridgehead atoms. The zero-order valence-electron chi connectivity index (χ0n) is 11.3. The first-order valence-electron chi connectivity index (χ1n) is 6.19. The zero-order chi connectivity index (χ0) is 14.7. The van der Waals surface area contributed by atoms with Crippen molar-refractivity contribution in [3.8, 4) is 6.07 Å². The molecule has 3 N–H and O–H groups in total. The topological polar surface area (TPSA) is 96.7 Å². The molecular weight excluding hydrogens is 254 g/mol. The molecule has 102 valence electrons. The van der Waals surface area contributed by atoms with Crippen LogP contribution in [0.4, 0.5) is 11.4 Å². The molecule has 0 aliphatic heterocycles. The molecule has 0 atom stereocenters. The average molecular weight is 269 g/mol. The van der Waals surface area contributed by atoms with E-state index in [2.05, 4.69) is 10.4 Å². The number of carbonyl (C=O) groups is 1. The minimum Gasteiger partial charge on any atom is -0.395 e. The van der Waals surface area contributed by atoms with Gasteiger partial charge in [0.2, 0.25) is 0 Å². The van der Waals surface area contributed by atoms with Crippen LogP contribution in [-0.2, 0) is 13.5 Å². The smallest absolute Gasteiger partial charge is 0.276 e. The Morgan fingerprint density at radius 3 is 2.60 bits per heavy atom. The number of aromatic nitrogens is 2. The second-order valence-electron chi connectivity index (χ2n) is 4.33. The first kappa shape index (κ1) is 13.6. The molecule has 0 unspecified atom stereocenters. The molecular formula is C14H15N5O. The van der Waals surface area contributed by atoms with Gasteiger partial charge in [-0.25, -0.2) is 0 Å². The van der Waals surface area contributed by atoms with Crippen LogP contribution in [0, 0.1) is 11.3 Å². The highest BCUT2D eigenvalue weighted by Crippen LogP contribution is 2.19. The predicted octanol–water partition coefficient (Wildman–Crippen LogP) is 1.69. The second kappa shape index (κ2) is 5.45. The molecule has 0 spiro atoms. The summed E-state index contributed by atoms with van der Waals surface area (Å²) in [4.78, 5) is 12.2. The summed E-state index contributed by atoms with van der Waals surface area (Å²) in [7, 11) is 1.68. The number of nitrogens with one attached hydrogen (secondary N) is 1. The average Bonchev–Trinajstić information content (AvgIpc) is 2.74. The number of rotatable bonds is 3. The van der Waals surface area contributed by atoms with Gasteiger partial charge < -0.3 is 11.1 Å². The third kappa shape index (κ3) is 2.47. The number of benzene rings is 1. The first-order valence-corrected chi connectivity index (χ1v) is 6.19. The van der Waals surface area contributed by atoms with Crippen molar-refractivity contribution >= 4 is 17.3 Å². The van der Waals surface area contributed by atoms with Crippen molar-refractivity contribution in [2.45, 2.75) is 13.3 Å². The fraction of sp³-hybridized carbons (Fsp3) is 0.214. The summed E-state index contributed by atoms with van der Waals surface area (Å²) in [5.74, 6) is -0.318. The number of hydrogen-bond acceptors (Lipinski definition) is 4. The number of nitrogen functional groups attached to an aromatic ring is 1. The molecule has 0 aliphatic carbocycles. The molecule has 1 amide bonds. The van der Waals surface area contributed by atoms with Crippen LogP contribution in [0.25, 0.3) is 0 Å². The highest BCUT2D eigenvalue weighted by molar-refractivity contribution is 6.06. The van der Waals surface area contributed by atoms with Crippen molar-refractivity contribution in [2.24, 2.45) is 7.05 Å². The quantitative estimate of drug-likeness (QED) is 0.886. The van der Waals surface area contributed by atoms with Crippen molar-refractivity contribution in [1.82, 2.24) is 9.78 Å². The van der Waals surface area contributed by atoms with E-state index < -0.39 is 0 Å². The summed E-state index contributed by atoms with van der Waals surface area (Å²) in [6, 6.07) is 8.64. The van der Waals surface area contributed by atoms with Crippen LogP contribution < -0.4 is 11.1 Å². The molecule has 0 fully saturated rings. The summed E-state index contributed by atoms with van der Waals surface area (Å²) in [6.07, 6.45) is 0.670. The lowest BCUT2D eigenvalue weighted by Gasteiger charge is -2.06. The van der Waals surface area contributed by atoms with Crippen LogP contribution in [0.2, 0.25) is 0 Å². The Morgan fingerprint density at radius 1 is 1.45 bits per heavy atom. The van der Waals surface area contributed by atoms with Crippen LogP contribution in [0.1, 0.15) is 28.7 Å². The highest BCUT2D eigenvalue weighted by atomic mass is 16.2. The van der Waals surface area contributed by atoms with E-state index in [-0.39, 0.29) is 5.91 Å². The van der Waals surface area contributed by atoms with Crippen LogP contribution in [0.3, 0.4) is 0 Å². The molecule has 0 radical (unpaired) electrons. The monoisotopic (exact) mass is 269 g/mol. The number of carbonyl (C=O) groups excluding carboxylic acids is 1. The molecule has 1 heterocycles. The van der Waals surface area contributed by atoms with Gasteiger partial charge >= 0.3 is 0 Å². The van der Waals surface area contributed by atoms with E-state index in [0.29, 0.717) is 34.7 Å². The number of aryl methyl sites for hydroxylation is 2. The lowest BCUT2D eigenvalue weighted by Crippen LogP contribution is -2.17. The number of anilines is 2. The summed E-state index contributed by atoms with van der Waals surface area (Å²) in [5.41, 5.74) is 8.52. The van der Waals surface area contributed by atoms with Gasteiger partial charge in [-0.2, -0.15) is 10.4 Å². The van der Waals surface area contributed by atoms with Crippen LogP contribution in [-0.4, -0.2) is 15.7 Å². The van der Waals surface area contributed by atoms with E-state index in [0.717, 1.165) is 0 Å². The normalized spacial score (nSPS) is 10.1. The summed E-state index contributed by atoms with van der Waals surface area (Å²) >= 11 is 0. The van der Waals surface area contributed by atoms with Crippen molar-refractivity contribution in [3.63, 3.8) is 0 Å². The van der Waals surface area contributed by atoms with Gasteiger partial charge in [0.25, 0.3) is 5.91 Å². The van der Waals surface area contributed by atoms with E-state index in [1.165, 1.54) is 4.68 Å². The lowest BCUT2D eigenvalue weighted by molar-refractivity contribution is 0.101. The minimum atomic E-state index is -0.318. The van der Waals surface area contributed by atoms with Gasteiger partial charge in [0.15, 0.2) is 0 Å². The van der Waals surface area contributed by atoms with Gasteiger partial charge in [-0.3, -0.25) is 9.48 Å². The standard InChI is InChI=1S/C14H15N5O/c1-3-11-12(16)13(19(2)18-11)14(20)17-10-6-4-9(8-15)5-7-10/h4-7H,3,16H2,1-2H3,(H,17,20). The Hall–Kier alpha value is -2.81. The van der Waals surface area contributed by atoms with Crippen molar-refractivity contribution in [2.75, 3.05) is 11.1 Å². The maximum absolute atomic E-state index is 12.2. The summed E-state index contributed by atoms with van der Waals surface area (Å²) < 4.78 is 1.48. The molecule has 6 heteroatoms. The summed E-state index contributed by atoms with van der Waals surface area (Å²) in [6.45, 7) is 1.93. The Bertz CT molecular complexity index is 679. The SMILES string of the molecule is CCc1nn(C)c(C(=O)Nc2ccc(C#N)cc2)c1N. The Labute approximate surface area is 116 Å². The largest absolute Gasteiger partial charge is 0.395 e. The van der Waals surface area contributed by atoms with Gasteiger partial charge in [-0.05, 0) is 30.7 Å². The van der Waals surface area contributed by atoms with Crippen molar-refractivity contribution < 1.29 is 4.79 Å². The third-order valence-electron chi connectivity index (χ3n) is 2.98. The van der Waals surface area contributed by atoms with E-state index in [1.54, 1.807) is 31.3 Å². The molecule has 1 aromatic heterocycles. The third-order valence-corrected chi connectivity index (χ3v) is 2.98. The molecule has 1 aromatic carbocycles. The van der Waals surface area contributed by atoms with Gasteiger partial charge in [0.05, 0.1) is 23.0 Å². The maximum Gasteiger partial charge on any atom is 0.276 e. The Morgan fingerprint density at radius 2 is 2.10 bits per heavy atom. The predicted molar refractivity (Wildman–Crippen MR) is 76.1 cm³/mol. The molecule has 0 aliphatic rings. The van der Waals surface area contributed by atoms with Gasteiger partial charge in [-0.15, -0.1) is 0 Å². The molecule has 20 heavy (non-hydrogen) atoms. The zero-order valence-corrected chi connectivity index (χ0v) is 11.3. The number of nitrogens with zero attached hydrogens (tertiary/aromatic N) is 3. The molecule has 6 nitrogen and oxygen atoms in total. The molecule has 2 rings (SSSR count). The van der Waals surface area contributed by atoms with Crippen molar-refractivity contribution in [3.05, 3.63) is 41.2 Å². The van der Waals surface area contributed by atoms with Crippen LogP contribution >= 0.6 is 0 Å². The van der Waals surface area contributed by atoms with Crippen LogP contribution in [0.15, 0.2) is 24.3 Å². The fourth-order valence-electron chi connectivity index (χ4n) is 1.94. The second-order valence-corrected chi connectivity index (χ2v) is 4.33. The number of amides is 1. The lowest BCUT2D eigenvalue weighted by atomic mass is 10.2.